The van der Waals surface area contributed by atoms with Gasteiger partial charge in [0.25, 0.3) is 0 Å². The van der Waals surface area contributed by atoms with Crippen molar-refractivity contribution in [1.29, 1.82) is 0 Å². The molecule has 0 amide bonds. The highest BCUT2D eigenvalue weighted by molar-refractivity contribution is 7.91. The lowest BCUT2D eigenvalue weighted by Gasteiger charge is -2.56. The Morgan fingerprint density at radius 3 is 1.74 bits per heavy atom. The van der Waals surface area contributed by atoms with E-state index in [1.54, 1.807) is 37.5 Å². The van der Waals surface area contributed by atoms with E-state index in [9.17, 15) is 18.0 Å². The van der Waals surface area contributed by atoms with E-state index in [2.05, 4.69) is 189 Å². The minimum atomic E-state index is -3.77. The Labute approximate surface area is 606 Å². The summed E-state index contributed by atoms with van der Waals surface area (Å²) < 4.78 is 113. The van der Waals surface area contributed by atoms with Gasteiger partial charge in [0.1, 0.15) is 24.4 Å². The van der Waals surface area contributed by atoms with Gasteiger partial charge in [-0.25, -0.2) is 8.42 Å². The van der Waals surface area contributed by atoms with Crippen LogP contribution in [0, 0.1) is 11.8 Å². The van der Waals surface area contributed by atoms with Gasteiger partial charge in [0.15, 0.2) is 57.2 Å². The Balaban J connectivity index is 1.19. The van der Waals surface area contributed by atoms with Crippen LogP contribution in [0.15, 0.2) is 71.7 Å². The normalized spacial score (nSPS) is 29.8. The minimum Gasteiger partial charge on any atom is -0.469 e. The van der Waals surface area contributed by atoms with Crippen LogP contribution in [0.1, 0.15) is 181 Å². The molecule has 10 unspecified atom stereocenters. The summed E-state index contributed by atoms with van der Waals surface area (Å²) in [5.41, 5.74) is 1.99. The molecule has 6 rings (SSSR count). The molecule has 5 saturated heterocycles. The molecule has 0 N–H and O–H groups in total. The van der Waals surface area contributed by atoms with E-state index in [0.717, 1.165) is 24.0 Å². The maximum atomic E-state index is 14.4. The van der Waals surface area contributed by atoms with Crippen LogP contribution in [0.2, 0.25) is 90.7 Å². The summed E-state index contributed by atoms with van der Waals surface area (Å²) in [6.07, 6.45) is 3.03. The summed E-state index contributed by atoms with van der Waals surface area (Å²) in [5.74, 6) is -0.886. The second-order valence-electron chi connectivity index (χ2n) is 37.5. The molecule has 0 spiro atoms. The van der Waals surface area contributed by atoms with Gasteiger partial charge < -0.3 is 55.3 Å². The van der Waals surface area contributed by atoms with Crippen molar-refractivity contribution in [2.75, 3.05) is 26.6 Å². The summed E-state index contributed by atoms with van der Waals surface area (Å²) in [4.78, 5) is 27.4. The lowest BCUT2D eigenvalue weighted by Crippen LogP contribution is -2.69. The Bertz CT molecular complexity index is 2990. The fourth-order valence-electron chi connectivity index (χ4n) is 13.0. The Morgan fingerprint density at radius 1 is 0.626 bits per heavy atom. The molecule has 0 saturated carbocycles. The largest absolute Gasteiger partial charge is 0.469 e. The quantitative estimate of drug-likeness (QED) is 0.0307. The molecule has 0 aliphatic carbocycles. The van der Waals surface area contributed by atoms with Gasteiger partial charge in [-0.3, -0.25) is 9.59 Å². The first-order valence-electron chi connectivity index (χ1n) is 37.2. The molecule has 99 heavy (non-hydrogen) atoms. The molecular weight excluding hydrogens is 1350 g/mol. The van der Waals surface area contributed by atoms with Crippen LogP contribution in [0.25, 0.3) is 0 Å². The summed E-state index contributed by atoms with van der Waals surface area (Å²) in [6, 6.07) is 8.67. The summed E-state index contributed by atoms with van der Waals surface area (Å²) in [5, 5.41) is -0.559. The molecule has 22 heteroatoms. The van der Waals surface area contributed by atoms with Crippen molar-refractivity contribution in [1.82, 2.24) is 0 Å². The lowest BCUT2D eigenvalue weighted by atomic mass is 9.83. The third-order valence-corrected chi connectivity index (χ3v) is 49.0. The Hall–Kier alpha value is -1.83. The number of benzene rings is 1. The molecule has 5 heterocycles. The molecule has 1 aromatic carbocycles. The molecule has 568 valence electrons. The minimum absolute atomic E-state index is 0.00674. The van der Waals surface area contributed by atoms with Crippen LogP contribution >= 0.6 is 0 Å². The second kappa shape index (κ2) is 33.1. The number of ketones is 1. The topological polar surface area (TPSA) is 179 Å². The van der Waals surface area contributed by atoms with E-state index in [0.29, 0.717) is 51.6 Å². The number of carbonyl (C=O) groups is 2. The zero-order valence-corrected chi connectivity index (χ0v) is 72.7. The van der Waals surface area contributed by atoms with E-state index in [4.69, 9.17) is 55.3 Å². The lowest BCUT2D eigenvalue weighted by molar-refractivity contribution is -0.267. The van der Waals surface area contributed by atoms with Crippen molar-refractivity contribution in [2.24, 2.45) is 11.8 Å². The Morgan fingerprint density at radius 2 is 1.18 bits per heavy atom. The molecule has 5 aliphatic heterocycles. The van der Waals surface area contributed by atoms with E-state index >= 15 is 0 Å². The molecular formula is C77H138O16SSi5. The van der Waals surface area contributed by atoms with Gasteiger partial charge in [0.2, 0.25) is 0 Å². The first-order chi connectivity index (χ1) is 45.1. The van der Waals surface area contributed by atoms with E-state index in [1.165, 1.54) is 7.11 Å². The SMILES string of the molecule is C=C1CC(CCC(=O)/C=C/C(O[Si](C)(C)C(C)(C)C)[C@@H]2O[C@H]3CCC(CC(=O)OC)O[C@@H]3C(O[Si](C)(C)C(C)(C)C)C2O[Si](C)(C)C(C)(C)C)OC1CCC1C[C@@H](C)C(=C)C(C[C@@H]2OC(CC(CO[Si](C)(C)C(C)(C)C)O[Si](C)(C)C(C)(C)C)[C@H](OC)[C@H]2CS(=O)(=O)c2ccccc2)O1. The standard InChI is InChI=1S/C77H138O16SSi5/c1-51-44-56(86-64(53(51)3)48-65-60(50-94(80,81)59-34-32-31-33-35-59)68(83-20)66(88-65)46-58(90-96(23,24)74(7,8)9)49-84-95(21,22)73(4,5)6)39-42-61-52(2)45-55(85-61)38-36-54(78)37-41-63(91-97(25,26)75(10,11)12)70-72(93-99(29,30)77(16,17)18)71(92-98(27,28)76(13,14)15)69-62(89-70)43-40-57(87-69)47-67(79)82-19/h31-35,37,41,51,55-58,60-66,68-72H,2-3,36,38-40,42-50H2,1,4-30H3/b41-37+/t51-,55?,56?,57?,58?,60+,61?,62+,63?,64?,65+,66?,68-,69+,70+,71?,72?/m1/s1. The summed E-state index contributed by atoms with van der Waals surface area (Å²) in [6.45, 7) is 67.8. The van der Waals surface area contributed by atoms with Crippen LogP contribution in [-0.2, 0) is 74.7 Å². The number of rotatable bonds is 30. The van der Waals surface area contributed by atoms with Crippen LogP contribution in [-0.4, -0.2) is 180 Å². The van der Waals surface area contributed by atoms with Gasteiger partial charge >= 0.3 is 5.97 Å². The molecule has 5 aliphatic rings. The van der Waals surface area contributed by atoms with Gasteiger partial charge in [-0.2, -0.15) is 0 Å². The monoisotopic (exact) mass is 1490 g/mol. The highest BCUT2D eigenvalue weighted by atomic mass is 32.2. The van der Waals surface area contributed by atoms with Gasteiger partial charge in [-0.05, 0) is 171 Å². The van der Waals surface area contributed by atoms with E-state index in [-0.39, 0.29) is 103 Å². The number of fused-ring (bicyclic) bond motifs is 1. The first kappa shape index (κ1) is 86.1. The second-order valence-corrected chi connectivity index (χ2v) is 63.3. The van der Waals surface area contributed by atoms with Crippen molar-refractivity contribution in [3.63, 3.8) is 0 Å². The number of ether oxygens (including phenoxy) is 7. The van der Waals surface area contributed by atoms with Crippen molar-refractivity contribution in [3.05, 3.63) is 66.8 Å². The fourth-order valence-corrected chi connectivity index (χ4v) is 21.0. The predicted molar refractivity (Wildman–Crippen MR) is 412 cm³/mol. The molecule has 16 nitrogen and oxygen atoms in total. The maximum absolute atomic E-state index is 14.4. The highest BCUT2D eigenvalue weighted by Gasteiger charge is 2.59. The number of esters is 1. The summed E-state index contributed by atoms with van der Waals surface area (Å²) in [7, 11) is -12.9. The smallest absolute Gasteiger partial charge is 0.308 e. The van der Waals surface area contributed by atoms with Crippen LogP contribution < -0.4 is 0 Å². The van der Waals surface area contributed by atoms with Crippen molar-refractivity contribution in [2.45, 2.75) is 369 Å². The molecule has 5 fully saturated rings. The van der Waals surface area contributed by atoms with Gasteiger partial charge in [0.05, 0.1) is 97.9 Å². The van der Waals surface area contributed by atoms with E-state index in [1.807, 2.05) is 12.1 Å². The van der Waals surface area contributed by atoms with Crippen molar-refractivity contribution in [3.8, 4) is 0 Å². The van der Waals surface area contributed by atoms with Crippen molar-refractivity contribution < 1.29 is 73.3 Å². The number of hydrogen-bond acceptors (Lipinski definition) is 16. The van der Waals surface area contributed by atoms with Crippen molar-refractivity contribution >= 4 is 63.2 Å². The summed E-state index contributed by atoms with van der Waals surface area (Å²) >= 11 is 0. The molecule has 0 bridgehead atoms. The van der Waals surface area contributed by atoms with Crippen LogP contribution in [0.3, 0.4) is 0 Å². The molecule has 0 radical (unpaired) electrons. The predicted octanol–water partition coefficient (Wildman–Crippen LogP) is 17.8. The van der Waals surface area contributed by atoms with Crippen LogP contribution in [0.5, 0.6) is 0 Å². The average molecular weight is 1490 g/mol. The number of carbonyl (C=O) groups excluding carboxylic acids is 2. The van der Waals surface area contributed by atoms with Gasteiger partial charge in [-0.15, -0.1) is 0 Å². The first-order valence-corrected chi connectivity index (χ1v) is 53.4. The van der Waals surface area contributed by atoms with Gasteiger partial charge in [0, 0.05) is 32.3 Å². The van der Waals surface area contributed by atoms with E-state index < -0.39 is 112 Å². The maximum Gasteiger partial charge on any atom is 0.308 e. The number of methoxy groups -OCH3 is 2. The average Bonchev–Trinajstić information content (AvgIpc) is 0.965. The number of allylic oxidation sites excluding steroid dienone is 1. The number of sulfone groups is 1. The van der Waals surface area contributed by atoms with Gasteiger partial charge in [-0.1, -0.05) is 148 Å². The third-order valence-electron chi connectivity index (χ3n) is 24.8. The number of hydrogen-bond donors (Lipinski definition) is 0. The fraction of sp³-hybridized carbons (Fsp3) is 0.818. The van der Waals surface area contributed by atoms with Crippen LogP contribution in [0.4, 0.5) is 0 Å². The molecule has 0 aromatic heterocycles. The molecule has 1 aromatic rings. The third kappa shape index (κ3) is 22.2. The zero-order chi connectivity index (χ0) is 74.8. The highest BCUT2D eigenvalue weighted by Crippen LogP contribution is 2.49. The zero-order valence-electron chi connectivity index (χ0n) is 66.9. The Kier molecular flexibility index (Phi) is 28.8. The molecule has 17 atom stereocenters.